The maximum absolute atomic E-state index is 9.34. The number of rotatable bonds is 2. The van der Waals surface area contributed by atoms with Crippen LogP contribution in [-0.2, 0) is 0 Å². The predicted octanol–water partition coefficient (Wildman–Crippen LogP) is 1.56. The molecule has 0 heterocycles. The summed E-state index contributed by atoms with van der Waals surface area (Å²) in [5.41, 5.74) is 0.0965. The number of hydrogen-bond acceptors (Lipinski definition) is 2. The summed E-state index contributed by atoms with van der Waals surface area (Å²) in [5.74, 6) is 0.523. The zero-order valence-electron chi connectivity index (χ0n) is 8.08. The van der Waals surface area contributed by atoms with Gasteiger partial charge in [0, 0.05) is 6.61 Å². The molecule has 0 saturated heterocycles. The average molecular weight is 172 g/mol. The van der Waals surface area contributed by atoms with Gasteiger partial charge in [-0.1, -0.05) is 13.8 Å². The maximum atomic E-state index is 9.34. The Hall–Kier alpha value is -0.0800. The third-order valence-corrected chi connectivity index (χ3v) is 3.49. The minimum absolute atomic E-state index is 0.0965. The lowest BCUT2D eigenvalue weighted by molar-refractivity contribution is -0.00587. The summed E-state index contributed by atoms with van der Waals surface area (Å²) in [7, 11) is 0. The molecule has 2 N–H and O–H groups in total. The summed E-state index contributed by atoms with van der Waals surface area (Å²) in [6.07, 6.45) is 3.55. The van der Waals surface area contributed by atoms with Crippen LogP contribution in [0.15, 0.2) is 0 Å². The van der Waals surface area contributed by atoms with Crippen molar-refractivity contribution in [1.29, 1.82) is 0 Å². The smallest absolute Gasteiger partial charge is 0.0540 e. The molecule has 0 bridgehead atoms. The lowest BCUT2D eigenvalue weighted by Gasteiger charge is -2.40. The Morgan fingerprint density at radius 2 is 1.83 bits per heavy atom. The highest BCUT2D eigenvalue weighted by molar-refractivity contribution is 4.87. The van der Waals surface area contributed by atoms with Crippen molar-refractivity contribution in [2.45, 2.75) is 45.6 Å². The van der Waals surface area contributed by atoms with Crippen molar-refractivity contribution in [2.24, 2.45) is 11.3 Å². The normalized spacial score (nSPS) is 37.2. The SMILES string of the molecule is CC(C)C1(CO)CCC(O)CC1. The van der Waals surface area contributed by atoms with Crippen LogP contribution in [0, 0.1) is 11.3 Å². The van der Waals surface area contributed by atoms with Gasteiger partial charge in [0.2, 0.25) is 0 Å². The summed E-state index contributed by atoms with van der Waals surface area (Å²) < 4.78 is 0. The summed E-state index contributed by atoms with van der Waals surface area (Å²) in [5, 5.41) is 18.7. The van der Waals surface area contributed by atoms with Crippen LogP contribution in [0.1, 0.15) is 39.5 Å². The molecule has 0 spiro atoms. The van der Waals surface area contributed by atoms with Crippen molar-refractivity contribution >= 4 is 0 Å². The molecule has 72 valence electrons. The van der Waals surface area contributed by atoms with Gasteiger partial charge in [-0.15, -0.1) is 0 Å². The Kier molecular flexibility index (Phi) is 3.13. The van der Waals surface area contributed by atoms with Gasteiger partial charge in [0.1, 0.15) is 0 Å². The molecule has 2 heteroatoms. The Bertz CT molecular complexity index is 135. The monoisotopic (exact) mass is 172 g/mol. The third-order valence-electron chi connectivity index (χ3n) is 3.49. The number of aliphatic hydroxyl groups is 2. The van der Waals surface area contributed by atoms with Crippen LogP contribution in [0.4, 0.5) is 0 Å². The number of hydrogen-bond donors (Lipinski definition) is 2. The van der Waals surface area contributed by atoms with E-state index in [9.17, 15) is 10.2 Å². The fourth-order valence-electron chi connectivity index (χ4n) is 2.10. The van der Waals surface area contributed by atoms with Crippen molar-refractivity contribution in [1.82, 2.24) is 0 Å². The molecule has 0 radical (unpaired) electrons. The van der Waals surface area contributed by atoms with Gasteiger partial charge in [-0.2, -0.15) is 0 Å². The molecule has 0 aromatic carbocycles. The standard InChI is InChI=1S/C10H20O2/c1-8(2)10(7-11)5-3-9(12)4-6-10/h8-9,11-12H,3-7H2,1-2H3. The van der Waals surface area contributed by atoms with Crippen LogP contribution < -0.4 is 0 Å². The lowest BCUT2D eigenvalue weighted by Crippen LogP contribution is -2.37. The van der Waals surface area contributed by atoms with Crippen LogP contribution in [0.25, 0.3) is 0 Å². The Morgan fingerprint density at radius 3 is 2.17 bits per heavy atom. The van der Waals surface area contributed by atoms with Gasteiger partial charge in [0.25, 0.3) is 0 Å². The third kappa shape index (κ3) is 1.80. The van der Waals surface area contributed by atoms with E-state index < -0.39 is 0 Å². The fraction of sp³-hybridized carbons (Fsp3) is 1.00. The van der Waals surface area contributed by atoms with E-state index in [1.54, 1.807) is 0 Å². The van der Waals surface area contributed by atoms with Crippen LogP contribution in [0.3, 0.4) is 0 Å². The molecule has 1 aliphatic carbocycles. The van der Waals surface area contributed by atoms with E-state index in [0.717, 1.165) is 25.7 Å². The van der Waals surface area contributed by atoms with Crippen LogP contribution in [0.2, 0.25) is 0 Å². The molecule has 0 aromatic rings. The van der Waals surface area contributed by atoms with E-state index in [1.165, 1.54) is 0 Å². The van der Waals surface area contributed by atoms with Gasteiger partial charge in [0.15, 0.2) is 0 Å². The molecule has 0 aliphatic heterocycles. The molecule has 1 fully saturated rings. The zero-order valence-corrected chi connectivity index (χ0v) is 8.08. The maximum Gasteiger partial charge on any atom is 0.0540 e. The van der Waals surface area contributed by atoms with E-state index in [4.69, 9.17) is 0 Å². The van der Waals surface area contributed by atoms with Crippen molar-refractivity contribution in [3.8, 4) is 0 Å². The van der Waals surface area contributed by atoms with Crippen molar-refractivity contribution in [3.05, 3.63) is 0 Å². The molecular weight excluding hydrogens is 152 g/mol. The van der Waals surface area contributed by atoms with Gasteiger partial charge in [-0.05, 0) is 37.0 Å². The minimum atomic E-state index is -0.122. The first-order valence-electron chi connectivity index (χ1n) is 4.89. The molecule has 0 atom stereocenters. The Labute approximate surface area is 74.6 Å². The zero-order chi connectivity index (χ0) is 9.19. The van der Waals surface area contributed by atoms with E-state index in [2.05, 4.69) is 13.8 Å². The quantitative estimate of drug-likeness (QED) is 0.663. The molecule has 2 nitrogen and oxygen atoms in total. The molecule has 0 aromatic heterocycles. The van der Waals surface area contributed by atoms with E-state index >= 15 is 0 Å². The molecule has 12 heavy (non-hydrogen) atoms. The summed E-state index contributed by atoms with van der Waals surface area (Å²) in [6, 6.07) is 0. The Morgan fingerprint density at radius 1 is 1.33 bits per heavy atom. The van der Waals surface area contributed by atoms with Crippen molar-refractivity contribution in [2.75, 3.05) is 6.61 Å². The second-order valence-corrected chi connectivity index (χ2v) is 4.41. The number of aliphatic hydroxyl groups excluding tert-OH is 2. The summed E-state index contributed by atoms with van der Waals surface area (Å²) >= 11 is 0. The Balaban J connectivity index is 2.57. The van der Waals surface area contributed by atoms with Gasteiger partial charge >= 0.3 is 0 Å². The van der Waals surface area contributed by atoms with Gasteiger partial charge in [-0.3, -0.25) is 0 Å². The fourth-order valence-corrected chi connectivity index (χ4v) is 2.10. The second-order valence-electron chi connectivity index (χ2n) is 4.41. The highest BCUT2D eigenvalue weighted by Crippen LogP contribution is 2.41. The minimum Gasteiger partial charge on any atom is -0.396 e. The van der Waals surface area contributed by atoms with Crippen molar-refractivity contribution in [3.63, 3.8) is 0 Å². The molecule has 0 amide bonds. The average Bonchev–Trinajstić information content (AvgIpc) is 2.06. The first-order valence-corrected chi connectivity index (χ1v) is 4.89. The van der Waals surface area contributed by atoms with Crippen molar-refractivity contribution < 1.29 is 10.2 Å². The lowest BCUT2D eigenvalue weighted by atomic mass is 9.67. The van der Waals surface area contributed by atoms with Gasteiger partial charge in [0.05, 0.1) is 6.10 Å². The molecule has 1 saturated carbocycles. The summed E-state index contributed by atoms with van der Waals surface area (Å²) in [6.45, 7) is 4.60. The highest BCUT2D eigenvalue weighted by Gasteiger charge is 2.36. The van der Waals surface area contributed by atoms with Gasteiger partial charge in [-0.25, -0.2) is 0 Å². The van der Waals surface area contributed by atoms with Gasteiger partial charge < -0.3 is 10.2 Å². The van der Waals surface area contributed by atoms with Crippen LogP contribution >= 0.6 is 0 Å². The first kappa shape index (κ1) is 10.0. The van der Waals surface area contributed by atoms with E-state index in [1.807, 2.05) is 0 Å². The van der Waals surface area contributed by atoms with E-state index in [0.29, 0.717) is 5.92 Å². The molecule has 1 aliphatic rings. The molecular formula is C10H20O2. The van der Waals surface area contributed by atoms with Crippen LogP contribution in [0.5, 0.6) is 0 Å². The predicted molar refractivity (Wildman–Crippen MR) is 48.8 cm³/mol. The largest absolute Gasteiger partial charge is 0.396 e. The first-order chi connectivity index (χ1) is 5.60. The van der Waals surface area contributed by atoms with Crippen LogP contribution in [-0.4, -0.2) is 22.9 Å². The molecule has 1 rings (SSSR count). The summed E-state index contributed by atoms with van der Waals surface area (Å²) in [4.78, 5) is 0. The second kappa shape index (κ2) is 3.75. The highest BCUT2D eigenvalue weighted by atomic mass is 16.3. The molecule has 0 unspecified atom stereocenters. The van der Waals surface area contributed by atoms with E-state index in [-0.39, 0.29) is 18.1 Å². The topological polar surface area (TPSA) is 40.5 Å².